The van der Waals surface area contributed by atoms with Crippen molar-refractivity contribution in [1.29, 1.82) is 0 Å². The molecule has 0 saturated carbocycles. The molecule has 0 aromatic heterocycles. The highest BCUT2D eigenvalue weighted by Crippen LogP contribution is 2.32. The number of hydrogen-bond donors (Lipinski definition) is 19. The Morgan fingerprint density at radius 2 is 0.669 bits per heavy atom. The van der Waals surface area contributed by atoms with Crippen molar-refractivity contribution >= 4 is 47.3 Å². The van der Waals surface area contributed by atoms with Crippen LogP contribution in [0.1, 0.15) is 229 Å². The first-order chi connectivity index (χ1) is 56.3. The third-order valence-corrected chi connectivity index (χ3v) is 22.1. The number of nitrogens with one attached hydrogen (secondary N) is 7. The van der Waals surface area contributed by atoms with E-state index in [2.05, 4.69) is 71.8 Å². The van der Waals surface area contributed by atoms with Crippen LogP contribution >= 0.6 is 0 Å². The number of rotatable bonds is 55. The van der Waals surface area contributed by atoms with E-state index in [1.807, 2.05) is 4.90 Å². The van der Waals surface area contributed by atoms with Gasteiger partial charge in [-0.05, 0) is 140 Å². The number of likely N-dealkylation sites (tertiary alicyclic amines) is 1. The van der Waals surface area contributed by atoms with Crippen molar-refractivity contribution in [1.82, 2.24) is 42.1 Å². The van der Waals surface area contributed by atoms with Gasteiger partial charge in [0.15, 0.2) is 25.2 Å². The summed E-state index contributed by atoms with van der Waals surface area (Å²) in [7, 11) is 0. The zero-order valence-corrected chi connectivity index (χ0v) is 71.4. The molecule has 0 aliphatic carbocycles. The molecule has 36 heteroatoms. The monoisotopic (exact) mass is 1700 g/mol. The largest absolute Gasteiger partial charge is 0.394 e. The summed E-state index contributed by atoms with van der Waals surface area (Å²) >= 11 is 0. The SMILES string of the molecule is CC(C)C.CCC[C@@H]1C[C@@H](C)CN1C(=O)CCCNC(=O)C(CCCCNC(=O)C(CCCCNC(=O)CCCCO[C@@H]1OC(CO)[C@H](O)[C@H](O)C1C)NC(=O)CCCCO[C@@H]1OC(CO)[C@H](O)[C@H](O)C1C)NC(=O)C(CCCCNC(=O)CCCCO[C@@H]1OC(CO)[C@H](O)[C@H](O)C1C)NC(=O)CCCCO[C@@H]1OC(CO)[C@H](O)[C@H](O)C1C. The van der Waals surface area contributed by atoms with Gasteiger partial charge in [0.2, 0.25) is 47.3 Å². The lowest BCUT2D eigenvalue weighted by Gasteiger charge is -2.40. The molecule has 5 aliphatic heterocycles. The molecule has 0 radical (unpaired) electrons. The molecule has 0 aromatic rings. The van der Waals surface area contributed by atoms with Crippen molar-refractivity contribution in [2.75, 3.05) is 85.6 Å². The topological polar surface area (TPSA) is 541 Å². The number of ether oxygens (including phenoxy) is 8. The van der Waals surface area contributed by atoms with E-state index in [1.54, 1.807) is 27.7 Å². The Kier molecular flexibility index (Phi) is 51.9. The molecule has 19 N–H and O–H groups in total. The third kappa shape index (κ3) is 37.6. The number of carbonyl (C=O) groups excluding carboxylic acids is 8. The van der Waals surface area contributed by atoms with Gasteiger partial charge in [0, 0.05) is 121 Å². The van der Waals surface area contributed by atoms with Crippen molar-refractivity contribution in [2.24, 2.45) is 35.5 Å². The standard InChI is InChI=1S/C78H140N8O28.C4H10/c1-7-23-51-40-46(2)41-86(51)63(95)31-22-35-82-73(105)53(85-74(106)54(84-62(94)30-14-21-39-110-78-50(6)67(99)71(103)58(45-90)114-78)26-9-16-33-80-60(92)28-12-19-37-108-76-48(4)65(97)69(101)56(43-88)112-76)25-10-17-34-81-72(104)52(83-61(93)29-13-20-38-109-77-49(5)66(98)70(102)57(44-89)113-77)24-8-15-32-79-59(91)27-11-18-36-107-75-47(3)64(96)68(100)55(42-87)111-75;1-4(2)3/h46-58,64-71,75-78,87-90,96-103H,7-45H2,1-6H3,(H,79,91)(H,80,92)(H,81,104)(H,82,105)(H,83,93)(H,84,94)(H,85,106);4H,1-3H3/t46-,47?,48?,49?,50?,51-,52?,53?,54?,55?,56?,57?,58?,64-,65-,66-,67-,68+,69+,70+,71+,75-,76-,77-,78-;/m1./s1. The molecule has 36 nitrogen and oxygen atoms in total. The number of aliphatic hydroxyl groups excluding tert-OH is 12. The Labute approximate surface area is 697 Å². The van der Waals surface area contributed by atoms with Crippen molar-refractivity contribution in [2.45, 2.75) is 352 Å². The van der Waals surface area contributed by atoms with E-state index in [4.69, 9.17) is 37.9 Å². The van der Waals surface area contributed by atoms with E-state index in [1.165, 1.54) is 0 Å². The van der Waals surface area contributed by atoms with Crippen LogP contribution in [0.3, 0.4) is 0 Å². The lowest BCUT2D eigenvalue weighted by Crippen LogP contribution is -2.55. The van der Waals surface area contributed by atoms with Crippen LogP contribution < -0.4 is 37.2 Å². The summed E-state index contributed by atoms with van der Waals surface area (Å²) in [4.78, 5) is 112. The van der Waals surface area contributed by atoms with E-state index in [0.717, 1.165) is 25.2 Å². The van der Waals surface area contributed by atoms with Gasteiger partial charge in [-0.15, -0.1) is 0 Å². The molecule has 25 atom stereocenters. The summed E-state index contributed by atoms with van der Waals surface area (Å²) in [6.45, 7) is 17.2. The van der Waals surface area contributed by atoms with E-state index in [0.29, 0.717) is 102 Å². The summed E-state index contributed by atoms with van der Waals surface area (Å²) in [6, 6.07) is -3.18. The molecule has 8 amide bonds. The first-order valence-corrected chi connectivity index (χ1v) is 43.6. The molecule has 686 valence electrons. The number of amides is 8. The number of hydrogen-bond acceptors (Lipinski definition) is 28. The summed E-state index contributed by atoms with van der Waals surface area (Å²) in [6.07, 6.45) is -8.23. The smallest absolute Gasteiger partial charge is 0.243 e. The predicted molar refractivity (Wildman–Crippen MR) is 430 cm³/mol. The Balaban J connectivity index is 0.00000715. The van der Waals surface area contributed by atoms with Crippen LogP contribution in [0, 0.1) is 35.5 Å². The minimum Gasteiger partial charge on any atom is -0.394 e. The molecule has 5 rings (SSSR count). The van der Waals surface area contributed by atoms with Gasteiger partial charge in [-0.1, -0.05) is 68.7 Å². The molecule has 0 aromatic carbocycles. The molecule has 11 unspecified atom stereocenters. The van der Waals surface area contributed by atoms with Crippen molar-refractivity contribution < 1.29 is 138 Å². The van der Waals surface area contributed by atoms with Gasteiger partial charge >= 0.3 is 0 Å². The molecule has 0 bridgehead atoms. The molecular formula is C82H150N8O28. The minimum atomic E-state index is -1.31. The molecule has 5 aliphatic rings. The second kappa shape index (κ2) is 58.2. The van der Waals surface area contributed by atoms with Crippen molar-refractivity contribution in [3.8, 4) is 0 Å². The van der Waals surface area contributed by atoms with Gasteiger partial charge in [0.05, 0.1) is 50.8 Å². The van der Waals surface area contributed by atoms with Crippen molar-refractivity contribution in [3.63, 3.8) is 0 Å². The highest BCUT2D eigenvalue weighted by atomic mass is 16.7. The number of carbonyl (C=O) groups is 8. The Morgan fingerprint density at radius 1 is 0.373 bits per heavy atom. The van der Waals surface area contributed by atoms with Gasteiger partial charge < -0.3 is 141 Å². The summed E-state index contributed by atoms with van der Waals surface area (Å²) in [5.41, 5.74) is 0. The molecule has 5 heterocycles. The maximum atomic E-state index is 14.6. The van der Waals surface area contributed by atoms with E-state index in [-0.39, 0.29) is 134 Å². The third-order valence-electron chi connectivity index (χ3n) is 22.1. The normalized spacial score (nSPS) is 29.8. The molecule has 5 saturated heterocycles. The Hall–Kier alpha value is -5.04. The van der Waals surface area contributed by atoms with Crippen LogP contribution in [0.5, 0.6) is 0 Å². The minimum absolute atomic E-state index is 0.00476. The zero-order valence-electron chi connectivity index (χ0n) is 71.4. The van der Waals surface area contributed by atoms with Gasteiger partial charge in [0.1, 0.15) is 67.0 Å². The van der Waals surface area contributed by atoms with E-state index in [9.17, 15) is 99.6 Å². The lowest BCUT2D eigenvalue weighted by atomic mass is 9.92. The van der Waals surface area contributed by atoms with Crippen LogP contribution in [-0.2, 0) is 76.3 Å². The summed E-state index contributed by atoms with van der Waals surface area (Å²) < 4.78 is 45.8. The van der Waals surface area contributed by atoms with Gasteiger partial charge in [-0.2, -0.15) is 0 Å². The number of nitrogens with zero attached hydrogens (tertiary/aromatic N) is 1. The van der Waals surface area contributed by atoms with Gasteiger partial charge in [-0.25, -0.2) is 0 Å². The quantitative estimate of drug-likeness (QED) is 0.0355. The maximum Gasteiger partial charge on any atom is 0.243 e. The molecule has 5 fully saturated rings. The second-order valence-corrected chi connectivity index (χ2v) is 33.3. The molecular weight excluding hydrogens is 1540 g/mol. The predicted octanol–water partition coefficient (Wildman–Crippen LogP) is -0.0559. The molecule has 0 spiro atoms. The number of unbranched alkanes of at least 4 members (excludes halogenated alkanes) is 7. The summed E-state index contributed by atoms with van der Waals surface area (Å²) in [5, 5.41) is 141. The fraction of sp³-hybridized carbons (Fsp3) is 0.902. The summed E-state index contributed by atoms with van der Waals surface area (Å²) in [5.74, 6) is -4.24. The average molecular weight is 1700 g/mol. The Morgan fingerprint density at radius 3 is 0.992 bits per heavy atom. The van der Waals surface area contributed by atoms with E-state index >= 15 is 0 Å². The van der Waals surface area contributed by atoms with Gasteiger partial charge in [0.25, 0.3) is 0 Å². The van der Waals surface area contributed by atoms with Crippen LogP contribution in [0.4, 0.5) is 0 Å². The van der Waals surface area contributed by atoms with Crippen molar-refractivity contribution in [3.05, 3.63) is 0 Å². The first-order valence-electron chi connectivity index (χ1n) is 43.6. The second-order valence-electron chi connectivity index (χ2n) is 33.3. The first kappa shape index (κ1) is 105. The lowest BCUT2D eigenvalue weighted by molar-refractivity contribution is -0.282. The highest BCUT2D eigenvalue weighted by molar-refractivity contribution is 5.92. The zero-order chi connectivity index (χ0) is 87.4. The number of aliphatic hydroxyl groups is 12. The molecule has 118 heavy (non-hydrogen) atoms. The van der Waals surface area contributed by atoms with E-state index < -0.39 is 196 Å². The van der Waals surface area contributed by atoms with Gasteiger partial charge in [-0.3, -0.25) is 38.4 Å². The highest BCUT2D eigenvalue weighted by Gasteiger charge is 2.46. The maximum absolute atomic E-state index is 14.6. The fourth-order valence-corrected chi connectivity index (χ4v) is 14.8. The fourth-order valence-electron chi connectivity index (χ4n) is 14.8. The average Bonchev–Trinajstić information content (AvgIpc) is 1.16. The Bertz CT molecular complexity index is 2840. The van der Waals surface area contributed by atoms with Crippen LogP contribution in [0.15, 0.2) is 0 Å². The van der Waals surface area contributed by atoms with Crippen LogP contribution in [0.2, 0.25) is 0 Å². The van der Waals surface area contributed by atoms with Crippen LogP contribution in [-0.4, -0.2) is 322 Å². The van der Waals surface area contributed by atoms with Crippen LogP contribution in [0.25, 0.3) is 0 Å².